The summed E-state index contributed by atoms with van der Waals surface area (Å²) < 4.78 is 12.3. The molecule has 8 N–H and O–H groups in total. The van der Waals surface area contributed by atoms with E-state index in [-0.39, 0.29) is 29.7 Å². The van der Waals surface area contributed by atoms with Crippen LogP contribution in [0.25, 0.3) is 0 Å². The van der Waals surface area contributed by atoms with E-state index in [2.05, 4.69) is 32.8 Å². The third-order valence-corrected chi connectivity index (χ3v) is 9.67. The van der Waals surface area contributed by atoms with Crippen molar-refractivity contribution in [2.75, 3.05) is 33.2 Å². The molecular weight excluding hydrogens is 586 g/mol. The van der Waals surface area contributed by atoms with Gasteiger partial charge in [0, 0.05) is 51.4 Å². The number of nitrogens with two attached hydrogens (primary N) is 1. The molecule has 46 heavy (non-hydrogen) atoms. The van der Waals surface area contributed by atoms with Crippen LogP contribution in [-0.4, -0.2) is 90.9 Å². The maximum atomic E-state index is 12.4. The van der Waals surface area contributed by atoms with Crippen molar-refractivity contribution in [3.63, 3.8) is 0 Å². The predicted octanol–water partition coefficient (Wildman–Crippen LogP) is 2.21. The number of fused-ring (bicyclic) bond motifs is 5. The average molecular weight is 642 g/mol. The molecule has 1 aliphatic carbocycles. The van der Waals surface area contributed by atoms with Crippen LogP contribution in [0.2, 0.25) is 0 Å². The first-order valence-electron chi connectivity index (χ1n) is 17.0. The van der Waals surface area contributed by atoms with E-state index in [0.717, 1.165) is 44.2 Å². The molecule has 0 spiro atoms. The summed E-state index contributed by atoms with van der Waals surface area (Å²) in [6.07, 6.45) is 5.34. The second kappa shape index (κ2) is 17.2. The maximum Gasteiger partial charge on any atom is 0.302 e. The molecule has 0 amide bonds. The van der Waals surface area contributed by atoms with Crippen molar-refractivity contribution >= 4 is 11.9 Å². The molecule has 0 unspecified atom stereocenters. The van der Waals surface area contributed by atoms with Crippen LogP contribution in [-0.2, 0) is 16.0 Å². The molecule has 11 nitrogen and oxygen atoms in total. The summed E-state index contributed by atoms with van der Waals surface area (Å²) in [6.45, 7) is 5.59. The highest BCUT2D eigenvalue weighted by atomic mass is 16.5. The zero-order valence-electron chi connectivity index (χ0n) is 27.8. The van der Waals surface area contributed by atoms with E-state index in [1.54, 1.807) is 20.0 Å². The zero-order chi connectivity index (χ0) is 33.1. The Morgan fingerprint density at radius 3 is 2.87 bits per heavy atom. The largest absolute Gasteiger partial charge is 0.504 e. The number of aliphatic hydroxyl groups excluding tert-OH is 2. The number of carbonyl (C=O) groups is 1. The Morgan fingerprint density at radius 1 is 1.28 bits per heavy atom. The zero-order valence-corrected chi connectivity index (χ0v) is 27.8. The monoisotopic (exact) mass is 641 g/mol. The number of guanidine groups is 1. The number of aliphatic imine (C=N–C) groups is 1. The Bertz CT molecular complexity index is 1230. The van der Waals surface area contributed by atoms with Gasteiger partial charge in [-0.15, -0.1) is 0 Å². The Hall–Kier alpha value is -3.04. The molecule has 2 aliphatic heterocycles. The summed E-state index contributed by atoms with van der Waals surface area (Å²) in [5.41, 5.74) is 6.50. The predicted molar refractivity (Wildman–Crippen MR) is 178 cm³/mol. The fourth-order valence-corrected chi connectivity index (χ4v) is 7.08. The lowest BCUT2D eigenvalue weighted by Crippen LogP contribution is -2.43. The highest BCUT2D eigenvalue weighted by Gasteiger charge is 2.37. The number of benzene rings is 1. The molecule has 1 fully saturated rings. The Kier molecular flexibility index (Phi) is 13.4. The van der Waals surface area contributed by atoms with Crippen LogP contribution in [0.4, 0.5) is 0 Å². The van der Waals surface area contributed by atoms with Crippen LogP contribution in [0.3, 0.4) is 0 Å². The maximum absolute atomic E-state index is 12.4. The average Bonchev–Trinajstić information content (AvgIpc) is 3.02. The Labute approximate surface area is 274 Å². The molecule has 256 valence electrons. The van der Waals surface area contributed by atoms with Gasteiger partial charge in [-0.1, -0.05) is 24.3 Å². The minimum atomic E-state index is -0.710. The summed E-state index contributed by atoms with van der Waals surface area (Å²) in [7, 11) is 1.64. The topological polar surface area (TPSA) is 171 Å². The van der Waals surface area contributed by atoms with Gasteiger partial charge >= 0.3 is 5.97 Å². The summed E-state index contributed by atoms with van der Waals surface area (Å²) >= 11 is 0. The molecule has 0 saturated carbocycles. The third-order valence-electron chi connectivity index (χ3n) is 9.67. The molecule has 0 radical (unpaired) electrons. The first kappa shape index (κ1) is 35.8. The van der Waals surface area contributed by atoms with Crippen molar-refractivity contribution in [1.29, 1.82) is 0 Å². The lowest BCUT2D eigenvalue weighted by Gasteiger charge is -2.36. The van der Waals surface area contributed by atoms with Gasteiger partial charge in [-0.3, -0.25) is 9.79 Å². The Balaban J connectivity index is 1.77. The van der Waals surface area contributed by atoms with Gasteiger partial charge in [0.2, 0.25) is 0 Å². The van der Waals surface area contributed by atoms with Crippen LogP contribution in [0.5, 0.6) is 11.5 Å². The first-order chi connectivity index (χ1) is 22.1. The first-order valence-corrected chi connectivity index (χ1v) is 17.0. The number of phenolic OH excluding ortho intramolecular Hbond substituents is 1. The van der Waals surface area contributed by atoms with E-state index < -0.39 is 23.7 Å². The number of nitrogens with one attached hydrogen (secondary N) is 3. The molecule has 11 heteroatoms. The van der Waals surface area contributed by atoms with Crippen molar-refractivity contribution in [2.45, 2.75) is 109 Å². The van der Waals surface area contributed by atoms with Gasteiger partial charge in [0.25, 0.3) is 0 Å². The quantitative estimate of drug-likeness (QED) is 0.0734. The van der Waals surface area contributed by atoms with Gasteiger partial charge in [0.1, 0.15) is 12.2 Å². The number of hydrogen-bond acceptors (Lipinski definition) is 9. The van der Waals surface area contributed by atoms with Gasteiger partial charge in [-0.2, -0.15) is 0 Å². The van der Waals surface area contributed by atoms with E-state index in [4.69, 9.17) is 15.2 Å². The number of rotatable bonds is 8. The molecular formula is C35H55N5O6. The lowest BCUT2D eigenvalue weighted by molar-refractivity contribution is -0.152. The van der Waals surface area contributed by atoms with Crippen molar-refractivity contribution in [3.8, 4) is 23.3 Å². The molecule has 3 aliphatic rings. The fourth-order valence-electron chi connectivity index (χ4n) is 7.08. The second-order valence-corrected chi connectivity index (χ2v) is 13.5. The van der Waals surface area contributed by atoms with E-state index in [9.17, 15) is 20.1 Å². The Morgan fingerprint density at radius 2 is 2.11 bits per heavy atom. The number of hydrogen-bond donors (Lipinski definition) is 7. The van der Waals surface area contributed by atoms with Gasteiger partial charge in [-0.05, 0) is 89.1 Å². The number of phenols is 1. The van der Waals surface area contributed by atoms with E-state index in [0.29, 0.717) is 69.5 Å². The van der Waals surface area contributed by atoms with Crippen LogP contribution < -0.4 is 26.4 Å². The summed E-state index contributed by atoms with van der Waals surface area (Å²) in [6, 6.07) is 5.77. The van der Waals surface area contributed by atoms with Gasteiger partial charge < -0.3 is 46.5 Å². The minimum absolute atomic E-state index is 0.0206. The summed E-state index contributed by atoms with van der Waals surface area (Å²) in [5.74, 6) is 7.60. The molecule has 0 aromatic heterocycles. The van der Waals surface area contributed by atoms with Crippen LogP contribution in [0.15, 0.2) is 23.2 Å². The number of aromatic hydroxyl groups is 1. The number of ether oxygens (including phenoxy) is 2. The molecule has 4 bridgehead atoms. The normalized spacial score (nSPS) is 31.2. The molecule has 1 saturated heterocycles. The second-order valence-electron chi connectivity index (χ2n) is 13.5. The lowest BCUT2D eigenvalue weighted by atomic mass is 9.73. The van der Waals surface area contributed by atoms with Crippen LogP contribution in [0, 0.1) is 29.1 Å². The van der Waals surface area contributed by atoms with Crippen molar-refractivity contribution < 1.29 is 29.6 Å². The standard InChI is InChI=1S/C35H55N5O6/c1-23(41)21-38-16-14-35(22-40-34(36)37-3)12-9-26-5-4-6-27-19-29(11-15-39-27)46-33-18-25(7-8-31(33)44)17-30(26)32(45-24(2)42)20-28(43)10-13-35/h7-8,18,23,26-30,32,38-39,41,43-44H,4-6,10-11,13-17,19-22H2,1-3H3,(H3,36,37,40)/t23-,26+,27-,28-,29-,30-,32-,35+/m0/s1. The van der Waals surface area contributed by atoms with Crippen LogP contribution in [0.1, 0.15) is 77.2 Å². The number of piperidine rings is 1. The molecule has 2 heterocycles. The number of aliphatic hydroxyl groups is 2. The highest BCUT2D eigenvalue weighted by Crippen LogP contribution is 2.38. The SMILES string of the molecule is CN=C(N)NC[C@]1(CCNC[C@H](C)O)C#C[C@H]2CCC[C@H]3C[C@H](CCN3)Oc3cc(ccc3O)C[C@@H]2[C@@H](OC(C)=O)C[C@@H](O)CC1. The van der Waals surface area contributed by atoms with Gasteiger partial charge in [-0.25, -0.2) is 0 Å². The molecule has 4 rings (SSSR count). The van der Waals surface area contributed by atoms with E-state index >= 15 is 0 Å². The van der Waals surface area contributed by atoms with Crippen molar-refractivity contribution in [1.82, 2.24) is 16.0 Å². The van der Waals surface area contributed by atoms with E-state index in [1.807, 2.05) is 12.1 Å². The highest BCUT2D eigenvalue weighted by molar-refractivity contribution is 5.77. The molecule has 1 aromatic carbocycles. The third kappa shape index (κ3) is 10.8. The fraction of sp³-hybridized carbons (Fsp3) is 0.714. The summed E-state index contributed by atoms with van der Waals surface area (Å²) in [5, 5.41) is 42.1. The van der Waals surface area contributed by atoms with Crippen molar-refractivity contribution in [2.24, 2.45) is 28.0 Å². The number of carbonyl (C=O) groups excluding carboxylic acids is 1. The summed E-state index contributed by atoms with van der Waals surface area (Å²) in [4.78, 5) is 16.5. The molecule has 1 aromatic rings. The van der Waals surface area contributed by atoms with Gasteiger partial charge in [0.15, 0.2) is 17.5 Å². The number of nitrogens with zero attached hydrogens (tertiary/aromatic N) is 1. The smallest absolute Gasteiger partial charge is 0.302 e. The minimum Gasteiger partial charge on any atom is -0.504 e. The van der Waals surface area contributed by atoms with Crippen molar-refractivity contribution in [3.05, 3.63) is 23.8 Å². The number of esters is 1. The van der Waals surface area contributed by atoms with Gasteiger partial charge in [0.05, 0.1) is 17.6 Å². The van der Waals surface area contributed by atoms with E-state index in [1.165, 1.54) is 6.92 Å². The molecule has 8 atom stereocenters. The van der Waals surface area contributed by atoms with Crippen LogP contribution >= 0.6 is 0 Å².